The Morgan fingerprint density at radius 2 is 1.84 bits per heavy atom. The first kappa shape index (κ1) is 15.8. The molecule has 0 aliphatic carbocycles. The number of hydrogen-bond acceptors (Lipinski definition) is 4. The maximum absolute atomic E-state index is 14.3. The number of aromatic nitrogens is 2. The van der Waals surface area contributed by atoms with Crippen LogP contribution in [-0.4, -0.2) is 28.2 Å². The summed E-state index contributed by atoms with van der Waals surface area (Å²) in [6.45, 7) is 3.87. The van der Waals surface area contributed by atoms with Crippen molar-refractivity contribution in [1.29, 1.82) is 0 Å². The minimum Gasteiger partial charge on any atom is -0.507 e. The van der Waals surface area contributed by atoms with E-state index in [4.69, 9.17) is 0 Å². The second kappa shape index (κ2) is 6.31. The van der Waals surface area contributed by atoms with Crippen LogP contribution in [0, 0.1) is 12.7 Å². The lowest BCUT2D eigenvalue weighted by Crippen LogP contribution is -2.30. The van der Waals surface area contributed by atoms with Gasteiger partial charge in [-0.2, -0.15) is 0 Å². The highest BCUT2D eigenvalue weighted by atomic mass is 19.1. The molecule has 128 valence electrons. The van der Waals surface area contributed by atoms with Crippen molar-refractivity contribution in [3.8, 4) is 17.1 Å². The van der Waals surface area contributed by atoms with Crippen LogP contribution in [0.15, 0.2) is 36.4 Å². The number of aromatic hydroxyl groups is 1. The van der Waals surface area contributed by atoms with E-state index in [2.05, 4.69) is 14.9 Å². The Balaban J connectivity index is 1.96. The van der Waals surface area contributed by atoms with Gasteiger partial charge < -0.3 is 10.0 Å². The van der Waals surface area contributed by atoms with Crippen molar-refractivity contribution in [2.24, 2.45) is 0 Å². The van der Waals surface area contributed by atoms with Crippen molar-refractivity contribution in [3.63, 3.8) is 0 Å². The number of hydrogen-bond donors (Lipinski definition) is 1. The highest BCUT2D eigenvalue weighted by Crippen LogP contribution is 2.34. The molecule has 0 amide bonds. The molecule has 0 bridgehead atoms. The molecule has 2 heterocycles. The van der Waals surface area contributed by atoms with Gasteiger partial charge in [0.25, 0.3) is 0 Å². The van der Waals surface area contributed by atoms with Crippen LogP contribution in [0.3, 0.4) is 0 Å². The molecule has 4 nitrogen and oxygen atoms in total. The predicted molar refractivity (Wildman–Crippen MR) is 97.4 cm³/mol. The van der Waals surface area contributed by atoms with Gasteiger partial charge in [-0.25, -0.2) is 14.4 Å². The normalized spacial score (nSPS) is 14.9. The molecule has 0 unspecified atom stereocenters. The topological polar surface area (TPSA) is 49.2 Å². The van der Waals surface area contributed by atoms with Gasteiger partial charge in [0, 0.05) is 18.5 Å². The SMILES string of the molecule is Cc1ccc2c(N3CCCCC3)nc(-c3c(O)cccc3F)nc2c1. The molecule has 1 fully saturated rings. The molecule has 5 heteroatoms. The predicted octanol–water partition coefficient (Wildman–Crippen LogP) is 4.44. The van der Waals surface area contributed by atoms with E-state index < -0.39 is 5.82 Å². The fourth-order valence-corrected chi connectivity index (χ4v) is 3.42. The molecule has 0 spiro atoms. The molecule has 1 aliphatic heterocycles. The van der Waals surface area contributed by atoms with E-state index in [0.29, 0.717) is 0 Å². The number of anilines is 1. The minimum absolute atomic E-state index is 0.0594. The first-order valence-electron chi connectivity index (χ1n) is 8.65. The quantitative estimate of drug-likeness (QED) is 0.751. The number of phenols is 1. The van der Waals surface area contributed by atoms with Gasteiger partial charge in [-0.3, -0.25) is 0 Å². The Kier molecular flexibility index (Phi) is 3.99. The molecule has 1 N–H and O–H groups in total. The van der Waals surface area contributed by atoms with Crippen molar-refractivity contribution in [1.82, 2.24) is 9.97 Å². The summed E-state index contributed by atoms with van der Waals surface area (Å²) in [6, 6.07) is 10.3. The summed E-state index contributed by atoms with van der Waals surface area (Å²) in [5.74, 6) is 0.393. The van der Waals surface area contributed by atoms with Gasteiger partial charge in [-0.05, 0) is 56.0 Å². The summed E-state index contributed by atoms with van der Waals surface area (Å²) in [4.78, 5) is 11.4. The van der Waals surface area contributed by atoms with E-state index in [1.165, 1.54) is 24.6 Å². The van der Waals surface area contributed by atoms with Crippen LogP contribution in [0.2, 0.25) is 0 Å². The fraction of sp³-hybridized carbons (Fsp3) is 0.300. The van der Waals surface area contributed by atoms with Gasteiger partial charge in [0.2, 0.25) is 0 Å². The van der Waals surface area contributed by atoms with Crippen LogP contribution in [0.4, 0.5) is 10.2 Å². The van der Waals surface area contributed by atoms with Crippen molar-refractivity contribution >= 4 is 16.7 Å². The Bertz CT molecular complexity index is 915. The molecule has 1 saturated heterocycles. The zero-order chi connectivity index (χ0) is 17.4. The maximum Gasteiger partial charge on any atom is 0.168 e. The molecule has 4 rings (SSSR count). The second-order valence-corrected chi connectivity index (χ2v) is 6.57. The number of benzene rings is 2. The van der Waals surface area contributed by atoms with Crippen LogP contribution in [0.25, 0.3) is 22.3 Å². The first-order chi connectivity index (χ1) is 12.1. The van der Waals surface area contributed by atoms with Crippen LogP contribution < -0.4 is 4.90 Å². The lowest BCUT2D eigenvalue weighted by Gasteiger charge is -2.29. The number of aryl methyl sites for hydroxylation is 1. The average Bonchev–Trinajstić information content (AvgIpc) is 2.61. The van der Waals surface area contributed by atoms with Crippen molar-refractivity contribution in [3.05, 3.63) is 47.8 Å². The molecular weight excluding hydrogens is 317 g/mol. The van der Waals surface area contributed by atoms with Crippen LogP contribution in [0.1, 0.15) is 24.8 Å². The third-order valence-corrected chi connectivity index (χ3v) is 4.70. The van der Waals surface area contributed by atoms with E-state index in [9.17, 15) is 9.50 Å². The zero-order valence-corrected chi connectivity index (χ0v) is 14.2. The fourth-order valence-electron chi connectivity index (χ4n) is 3.42. The summed E-state index contributed by atoms with van der Waals surface area (Å²) >= 11 is 0. The molecule has 25 heavy (non-hydrogen) atoms. The van der Waals surface area contributed by atoms with Crippen molar-refractivity contribution in [2.75, 3.05) is 18.0 Å². The number of phenolic OH excluding ortho intramolecular Hbond substituents is 1. The molecule has 3 aromatic rings. The third kappa shape index (κ3) is 2.90. The van der Waals surface area contributed by atoms with E-state index in [-0.39, 0.29) is 17.1 Å². The summed E-state index contributed by atoms with van der Waals surface area (Å²) in [6.07, 6.45) is 3.47. The van der Waals surface area contributed by atoms with E-state index in [0.717, 1.165) is 48.2 Å². The third-order valence-electron chi connectivity index (χ3n) is 4.70. The Morgan fingerprint density at radius 1 is 1.04 bits per heavy atom. The molecule has 1 aliphatic rings. The Morgan fingerprint density at radius 3 is 2.60 bits per heavy atom. The minimum atomic E-state index is -0.517. The Hall–Kier alpha value is -2.69. The van der Waals surface area contributed by atoms with Crippen LogP contribution in [-0.2, 0) is 0 Å². The Labute approximate surface area is 146 Å². The lowest BCUT2D eigenvalue weighted by atomic mass is 10.1. The van der Waals surface area contributed by atoms with Gasteiger partial charge in [-0.1, -0.05) is 12.1 Å². The lowest BCUT2D eigenvalue weighted by molar-refractivity contribution is 0.471. The van der Waals surface area contributed by atoms with E-state index in [1.54, 1.807) is 0 Å². The van der Waals surface area contributed by atoms with Gasteiger partial charge in [0.05, 0.1) is 11.1 Å². The molecule has 0 radical (unpaired) electrons. The van der Waals surface area contributed by atoms with E-state index in [1.807, 2.05) is 25.1 Å². The van der Waals surface area contributed by atoms with Gasteiger partial charge in [-0.15, -0.1) is 0 Å². The number of piperidine rings is 1. The number of halogens is 1. The van der Waals surface area contributed by atoms with Crippen LogP contribution >= 0.6 is 0 Å². The largest absolute Gasteiger partial charge is 0.507 e. The molecule has 0 saturated carbocycles. The summed E-state index contributed by atoms with van der Waals surface area (Å²) in [5, 5.41) is 11.1. The van der Waals surface area contributed by atoms with Crippen molar-refractivity contribution in [2.45, 2.75) is 26.2 Å². The smallest absolute Gasteiger partial charge is 0.168 e. The van der Waals surface area contributed by atoms with Crippen LogP contribution in [0.5, 0.6) is 5.75 Å². The summed E-state index contributed by atoms with van der Waals surface area (Å²) in [7, 11) is 0. The van der Waals surface area contributed by atoms with E-state index >= 15 is 0 Å². The monoisotopic (exact) mass is 337 g/mol. The molecule has 1 aromatic heterocycles. The molecular formula is C20H20FN3O. The zero-order valence-electron chi connectivity index (χ0n) is 14.2. The molecule has 0 atom stereocenters. The first-order valence-corrected chi connectivity index (χ1v) is 8.65. The van der Waals surface area contributed by atoms with Gasteiger partial charge in [0.1, 0.15) is 17.4 Å². The second-order valence-electron chi connectivity index (χ2n) is 6.57. The highest BCUT2D eigenvalue weighted by Gasteiger charge is 2.20. The number of rotatable bonds is 2. The highest BCUT2D eigenvalue weighted by molar-refractivity contribution is 5.92. The van der Waals surface area contributed by atoms with Crippen molar-refractivity contribution < 1.29 is 9.50 Å². The van der Waals surface area contributed by atoms with Gasteiger partial charge >= 0.3 is 0 Å². The molecule has 2 aromatic carbocycles. The summed E-state index contributed by atoms with van der Waals surface area (Å²) < 4.78 is 14.3. The number of nitrogens with zero attached hydrogens (tertiary/aromatic N) is 3. The average molecular weight is 337 g/mol. The summed E-state index contributed by atoms with van der Waals surface area (Å²) in [5.41, 5.74) is 1.91. The number of fused-ring (bicyclic) bond motifs is 1. The standard InChI is InChI=1S/C20H20FN3O/c1-13-8-9-14-16(12-13)22-19(18-15(21)6-5-7-17(18)25)23-20(14)24-10-3-2-4-11-24/h5-9,12,25H,2-4,10-11H2,1H3. The van der Waals surface area contributed by atoms with Gasteiger partial charge in [0.15, 0.2) is 5.82 Å². The maximum atomic E-state index is 14.3.